The van der Waals surface area contributed by atoms with Gasteiger partial charge in [-0.05, 0) is 31.1 Å². The molecule has 0 spiro atoms. The first kappa shape index (κ1) is 14.5. The molecule has 0 bridgehead atoms. The zero-order valence-electron chi connectivity index (χ0n) is 12.8. The predicted molar refractivity (Wildman–Crippen MR) is 84.8 cm³/mol. The lowest BCUT2D eigenvalue weighted by Gasteiger charge is -2.24. The molecule has 1 saturated heterocycles. The van der Waals surface area contributed by atoms with Crippen LogP contribution in [0.3, 0.4) is 0 Å². The van der Waals surface area contributed by atoms with Crippen LogP contribution in [0.1, 0.15) is 24.2 Å². The van der Waals surface area contributed by atoms with Crippen molar-refractivity contribution in [2.45, 2.75) is 19.4 Å². The van der Waals surface area contributed by atoms with Gasteiger partial charge in [-0.3, -0.25) is 9.36 Å². The molecule has 0 unspecified atom stereocenters. The average molecular weight is 325 g/mol. The highest BCUT2D eigenvalue weighted by atomic mass is 16.5. The molecule has 1 aromatic carbocycles. The lowest BCUT2D eigenvalue weighted by Crippen LogP contribution is -2.40. The SMILES string of the molecule is O=C(O)N1CCCC(=Cc2ncn3c2COc2ccccc2-3)C1=O. The van der Waals surface area contributed by atoms with Gasteiger partial charge in [-0.2, -0.15) is 0 Å². The normalized spacial score (nSPS) is 18.1. The molecule has 1 fully saturated rings. The van der Waals surface area contributed by atoms with E-state index in [1.165, 1.54) is 0 Å². The van der Waals surface area contributed by atoms with Gasteiger partial charge < -0.3 is 9.84 Å². The number of likely N-dealkylation sites (tertiary alicyclic amines) is 1. The summed E-state index contributed by atoms with van der Waals surface area (Å²) in [6.45, 7) is 0.594. The number of para-hydroxylation sites is 2. The largest absolute Gasteiger partial charge is 0.485 e. The quantitative estimate of drug-likeness (QED) is 0.814. The van der Waals surface area contributed by atoms with Crippen LogP contribution < -0.4 is 4.74 Å². The minimum atomic E-state index is -1.21. The van der Waals surface area contributed by atoms with E-state index in [4.69, 9.17) is 9.84 Å². The van der Waals surface area contributed by atoms with Gasteiger partial charge in [0.25, 0.3) is 5.91 Å². The number of hydrogen-bond donors (Lipinski definition) is 1. The van der Waals surface area contributed by atoms with Crippen molar-refractivity contribution >= 4 is 18.1 Å². The Morgan fingerprint density at radius 2 is 2.17 bits per heavy atom. The maximum Gasteiger partial charge on any atom is 0.414 e. The summed E-state index contributed by atoms with van der Waals surface area (Å²) in [5.41, 5.74) is 2.85. The predicted octanol–water partition coefficient (Wildman–Crippen LogP) is 2.45. The van der Waals surface area contributed by atoms with Crippen LogP contribution in [0.4, 0.5) is 4.79 Å². The van der Waals surface area contributed by atoms with Gasteiger partial charge in [0.1, 0.15) is 18.7 Å². The van der Waals surface area contributed by atoms with Gasteiger partial charge in [-0.15, -0.1) is 0 Å². The molecule has 7 nitrogen and oxygen atoms in total. The summed E-state index contributed by atoms with van der Waals surface area (Å²) in [4.78, 5) is 28.6. The Hall–Kier alpha value is -3.09. The molecule has 2 aromatic rings. The lowest BCUT2D eigenvalue weighted by molar-refractivity contribution is -0.126. The van der Waals surface area contributed by atoms with Gasteiger partial charge in [0, 0.05) is 12.1 Å². The average Bonchev–Trinajstić information content (AvgIpc) is 3.00. The third-order valence-electron chi connectivity index (χ3n) is 4.28. The maximum absolute atomic E-state index is 12.3. The Morgan fingerprint density at radius 3 is 3.00 bits per heavy atom. The number of piperidine rings is 1. The summed E-state index contributed by atoms with van der Waals surface area (Å²) < 4.78 is 7.68. The van der Waals surface area contributed by atoms with Crippen molar-refractivity contribution in [3.05, 3.63) is 47.6 Å². The van der Waals surface area contributed by atoms with Gasteiger partial charge >= 0.3 is 6.09 Å². The number of aromatic nitrogens is 2. The first-order chi connectivity index (χ1) is 11.6. The second-order valence-electron chi connectivity index (χ2n) is 5.72. The number of carbonyl (C=O) groups is 2. The number of carbonyl (C=O) groups excluding carboxylic acids is 1. The first-order valence-electron chi connectivity index (χ1n) is 7.69. The minimum Gasteiger partial charge on any atom is -0.485 e. The number of rotatable bonds is 1. The Bertz CT molecular complexity index is 868. The first-order valence-corrected chi connectivity index (χ1v) is 7.69. The number of ether oxygens (including phenoxy) is 1. The van der Waals surface area contributed by atoms with Gasteiger partial charge in [0.05, 0.1) is 17.1 Å². The number of fused-ring (bicyclic) bond motifs is 3. The number of imidazole rings is 1. The van der Waals surface area contributed by atoms with Crippen LogP contribution in [-0.2, 0) is 11.4 Å². The number of hydrogen-bond acceptors (Lipinski definition) is 4. The molecule has 0 aliphatic carbocycles. The second-order valence-corrected chi connectivity index (χ2v) is 5.72. The Kier molecular flexibility index (Phi) is 3.34. The highest BCUT2D eigenvalue weighted by Gasteiger charge is 2.29. The zero-order valence-corrected chi connectivity index (χ0v) is 12.8. The van der Waals surface area contributed by atoms with Crippen molar-refractivity contribution in [1.29, 1.82) is 0 Å². The Labute approximate surface area is 137 Å². The monoisotopic (exact) mass is 325 g/mol. The minimum absolute atomic E-state index is 0.239. The summed E-state index contributed by atoms with van der Waals surface area (Å²) in [7, 11) is 0. The van der Waals surface area contributed by atoms with Crippen LogP contribution >= 0.6 is 0 Å². The molecule has 2 aliphatic rings. The number of benzene rings is 1. The van der Waals surface area contributed by atoms with Gasteiger partial charge in [-0.25, -0.2) is 14.7 Å². The third kappa shape index (κ3) is 2.25. The second kappa shape index (κ2) is 5.52. The van der Waals surface area contributed by atoms with Gasteiger partial charge in [0.2, 0.25) is 0 Å². The third-order valence-corrected chi connectivity index (χ3v) is 4.28. The molecule has 0 radical (unpaired) electrons. The van der Waals surface area contributed by atoms with Crippen molar-refractivity contribution in [1.82, 2.24) is 14.5 Å². The van der Waals surface area contributed by atoms with E-state index in [0.717, 1.165) is 22.0 Å². The smallest absolute Gasteiger partial charge is 0.414 e. The molecule has 4 rings (SSSR count). The molecule has 2 amide bonds. The molecule has 7 heteroatoms. The number of carboxylic acid groups (broad SMARTS) is 1. The fourth-order valence-corrected chi connectivity index (χ4v) is 3.07. The molecule has 1 N–H and O–H groups in total. The van der Waals surface area contributed by atoms with Crippen molar-refractivity contribution in [3.63, 3.8) is 0 Å². The van der Waals surface area contributed by atoms with Crippen LogP contribution in [0.25, 0.3) is 11.8 Å². The molecule has 2 aliphatic heterocycles. The number of nitrogens with zero attached hydrogens (tertiary/aromatic N) is 3. The van der Waals surface area contributed by atoms with E-state index in [0.29, 0.717) is 30.7 Å². The molecule has 1 aromatic heterocycles. The molecule has 0 atom stereocenters. The van der Waals surface area contributed by atoms with E-state index < -0.39 is 12.0 Å². The molecular formula is C17H15N3O4. The fourth-order valence-electron chi connectivity index (χ4n) is 3.07. The van der Waals surface area contributed by atoms with E-state index in [1.54, 1.807) is 12.4 Å². The van der Waals surface area contributed by atoms with Crippen molar-refractivity contribution in [2.75, 3.05) is 6.54 Å². The number of imide groups is 1. The molecule has 0 saturated carbocycles. The van der Waals surface area contributed by atoms with Crippen molar-refractivity contribution in [2.24, 2.45) is 0 Å². The maximum atomic E-state index is 12.3. The van der Waals surface area contributed by atoms with Crippen LogP contribution in [0.15, 0.2) is 36.2 Å². The summed E-state index contributed by atoms with van der Waals surface area (Å²) in [5, 5.41) is 9.09. The number of amides is 2. The molecular weight excluding hydrogens is 310 g/mol. The Morgan fingerprint density at radius 1 is 1.33 bits per heavy atom. The zero-order chi connectivity index (χ0) is 16.7. The highest BCUT2D eigenvalue weighted by molar-refractivity contribution is 6.05. The summed E-state index contributed by atoms with van der Waals surface area (Å²) in [6, 6.07) is 7.66. The van der Waals surface area contributed by atoms with Gasteiger partial charge in [0.15, 0.2) is 0 Å². The molecule has 122 valence electrons. The Balaban J connectivity index is 1.71. The van der Waals surface area contributed by atoms with Crippen molar-refractivity contribution < 1.29 is 19.4 Å². The summed E-state index contributed by atoms with van der Waals surface area (Å²) in [5.74, 6) is 0.319. The van der Waals surface area contributed by atoms with E-state index in [-0.39, 0.29) is 6.54 Å². The highest BCUT2D eigenvalue weighted by Crippen LogP contribution is 2.31. The van der Waals surface area contributed by atoms with Crippen LogP contribution in [0, 0.1) is 0 Å². The van der Waals surface area contributed by atoms with Gasteiger partial charge in [-0.1, -0.05) is 12.1 Å². The van der Waals surface area contributed by atoms with E-state index >= 15 is 0 Å². The van der Waals surface area contributed by atoms with E-state index in [9.17, 15) is 9.59 Å². The van der Waals surface area contributed by atoms with Crippen LogP contribution in [0.2, 0.25) is 0 Å². The standard InChI is InChI=1S/C17H15N3O4/c21-16-11(4-3-7-19(16)17(22)23)8-12-14-9-24-15-6-2-1-5-13(15)20(14)10-18-12/h1-2,5-6,8,10H,3-4,7,9H2,(H,22,23). The fraction of sp³-hybridized carbons (Fsp3) is 0.235. The summed E-state index contributed by atoms with van der Waals surface area (Å²) in [6.07, 6.45) is 3.34. The summed E-state index contributed by atoms with van der Waals surface area (Å²) >= 11 is 0. The van der Waals surface area contributed by atoms with Crippen molar-refractivity contribution in [3.8, 4) is 11.4 Å². The molecule has 24 heavy (non-hydrogen) atoms. The lowest BCUT2D eigenvalue weighted by atomic mass is 10.0. The molecule has 3 heterocycles. The van der Waals surface area contributed by atoms with Crippen LogP contribution in [0.5, 0.6) is 5.75 Å². The topological polar surface area (TPSA) is 84.7 Å². The van der Waals surface area contributed by atoms with Crippen LogP contribution in [-0.4, -0.2) is 38.1 Å². The van der Waals surface area contributed by atoms with E-state index in [2.05, 4.69) is 4.98 Å². The van der Waals surface area contributed by atoms with E-state index in [1.807, 2.05) is 28.8 Å².